The molecule has 1 amide bonds. The number of rotatable bonds is 3. The van der Waals surface area contributed by atoms with Crippen molar-refractivity contribution in [1.29, 1.82) is 0 Å². The first-order valence-corrected chi connectivity index (χ1v) is 4.58. The lowest BCUT2D eigenvalue weighted by Crippen LogP contribution is -2.16. The molecule has 1 N–H and O–H groups in total. The first kappa shape index (κ1) is 10.6. The van der Waals surface area contributed by atoms with Crippen molar-refractivity contribution in [2.24, 2.45) is 7.05 Å². The first-order chi connectivity index (χ1) is 6.63. The molecule has 1 aromatic heterocycles. The molecule has 0 saturated heterocycles. The number of hydrogen-bond acceptors (Lipinski definition) is 3. The van der Waals surface area contributed by atoms with E-state index in [2.05, 4.69) is 10.4 Å². The van der Waals surface area contributed by atoms with Gasteiger partial charge in [0.15, 0.2) is 0 Å². The van der Waals surface area contributed by atoms with Gasteiger partial charge in [0.05, 0.1) is 12.3 Å². The summed E-state index contributed by atoms with van der Waals surface area (Å²) < 4.78 is 6.47. The minimum Gasteiger partial charge on any atom is -0.449 e. The van der Waals surface area contributed by atoms with Gasteiger partial charge in [0, 0.05) is 13.1 Å². The number of aryl methyl sites for hydroxylation is 2. The molecule has 5 nitrogen and oxygen atoms in total. The molecule has 0 fully saturated rings. The second kappa shape index (κ2) is 4.64. The Balaban J connectivity index is 2.51. The average molecular weight is 197 g/mol. The summed E-state index contributed by atoms with van der Waals surface area (Å²) in [4.78, 5) is 11.2. The fraction of sp³-hybridized carbons (Fsp3) is 0.556. The van der Waals surface area contributed by atoms with E-state index in [1.807, 2.05) is 13.8 Å². The van der Waals surface area contributed by atoms with Gasteiger partial charge in [0.2, 0.25) is 0 Å². The van der Waals surface area contributed by atoms with Crippen LogP contribution in [-0.2, 0) is 11.8 Å². The minimum absolute atomic E-state index is 0.433. The summed E-state index contributed by atoms with van der Waals surface area (Å²) in [6.07, 6.45) is 0.382. The van der Waals surface area contributed by atoms with E-state index in [0.29, 0.717) is 12.4 Å². The smallest absolute Gasteiger partial charge is 0.412 e. The van der Waals surface area contributed by atoms with Gasteiger partial charge in [-0.1, -0.05) is 6.92 Å². The van der Waals surface area contributed by atoms with Crippen LogP contribution >= 0.6 is 0 Å². The summed E-state index contributed by atoms with van der Waals surface area (Å²) in [5.74, 6) is 0.642. The molecule has 0 aliphatic heterocycles. The van der Waals surface area contributed by atoms with Gasteiger partial charge in [0.25, 0.3) is 0 Å². The van der Waals surface area contributed by atoms with Crippen LogP contribution in [0, 0.1) is 6.92 Å². The maximum Gasteiger partial charge on any atom is 0.412 e. The topological polar surface area (TPSA) is 56.1 Å². The zero-order chi connectivity index (χ0) is 10.6. The number of hydrogen-bond donors (Lipinski definition) is 1. The number of aromatic nitrogens is 2. The van der Waals surface area contributed by atoms with Gasteiger partial charge in [-0.2, -0.15) is 5.10 Å². The van der Waals surface area contributed by atoms with Crippen molar-refractivity contribution in [2.75, 3.05) is 11.9 Å². The van der Waals surface area contributed by atoms with E-state index in [9.17, 15) is 4.79 Å². The summed E-state index contributed by atoms with van der Waals surface area (Å²) in [5.41, 5.74) is 0.860. The third-order valence-corrected chi connectivity index (χ3v) is 1.67. The summed E-state index contributed by atoms with van der Waals surface area (Å²) in [6, 6.07) is 1.78. The predicted molar refractivity (Wildman–Crippen MR) is 53.2 cm³/mol. The van der Waals surface area contributed by atoms with E-state index >= 15 is 0 Å². The molecule has 1 aromatic rings. The zero-order valence-electron chi connectivity index (χ0n) is 8.70. The Hall–Kier alpha value is -1.52. The Morgan fingerprint density at radius 1 is 1.71 bits per heavy atom. The molecule has 0 radical (unpaired) electrons. The van der Waals surface area contributed by atoms with Crippen LogP contribution in [0.2, 0.25) is 0 Å². The van der Waals surface area contributed by atoms with Crippen LogP contribution in [0.1, 0.15) is 19.0 Å². The quantitative estimate of drug-likeness (QED) is 0.802. The molecular weight excluding hydrogens is 182 g/mol. The van der Waals surface area contributed by atoms with Crippen molar-refractivity contribution in [3.8, 4) is 0 Å². The second-order valence-electron chi connectivity index (χ2n) is 3.06. The minimum atomic E-state index is -0.435. The average Bonchev–Trinajstić information content (AvgIpc) is 2.42. The van der Waals surface area contributed by atoms with Gasteiger partial charge in [-0.05, 0) is 13.3 Å². The Morgan fingerprint density at radius 2 is 2.43 bits per heavy atom. The lowest BCUT2D eigenvalue weighted by molar-refractivity contribution is 0.161. The van der Waals surface area contributed by atoms with E-state index in [0.717, 1.165) is 12.1 Å². The molecule has 0 saturated carbocycles. The largest absolute Gasteiger partial charge is 0.449 e. The Morgan fingerprint density at radius 3 is 2.93 bits per heavy atom. The molecule has 0 unspecified atom stereocenters. The van der Waals surface area contributed by atoms with Gasteiger partial charge in [-0.25, -0.2) is 4.79 Å². The number of ether oxygens (including phenoxy) is 1. The number of carbonyl (C=O) groups excluding carboxylic acids is 1. The van der Waals surface area contributed by atoms with Crippen molar-refractivity contribution in [2.45, 2.75) is 20.3 Å². The van der Waals surface area contributed by atoms with Crippen LogP contribution in [0.15, 0.2) is 6.07 Å². The summed E-state index contributed by atoms with van der Waals surface area (Å²) in [6.45, 7) is 4.24. The van der Waals surface area contributed by atoms with Gasteiger partial charge in [-0.3, -0.25) is 10.00 Å². The number of amides is 1. The van der Waals surface area contributed by atoms with Gasteiger partial charge in [0.1, 0.15) is 5.82 Å². The number of anilines is 1. The lowest BCUT2D eigenvalue weighted by atomic mass is 10.5. The maximum atomic E-state index is 11.2. The molecule has 78 valence electrons. The second-order valence-corrected chi connectivity index (χ2v) is 3.06. The maximum absolute atomic E-state index is 11.2. The molecule has 0 atom stereocenters. The van der Waals surface area contributed by atoms with Crippen molar-refractivity contribution < 1.29 is 9.53 Å². The van der Waals surface area contributed by atoms with Crippen molar-refractivity contribution >= 4 is 11.9 Å². The van der Waals surface area contributed by atoms with Crippen LogP contribution in [0.3, 0.4) is 0 Å². The SMILES string of the molecule is CCCOC(=O)Nc1cc(C)nn1C. The van der Waals surface area contributed by atoms with Crippen LogP contribution in [0.25, 0.3) is 0 Å². The first-order valence-electron chi connectivity index (χ1n) is 4.58. The highest BCUT2D eigenvalue weighted by molar-refractivity contribution is 5.83. The molecular formula is C9H15N3O2. The standard InChI is InChI=1S/C9H15N3O2/c1-4-5-14-9(13)10-8-6-7(2)11-12(8)3/h6H,4-5H2,1-3H3,(H,10,13). The van der Waals surface area contributed by atoms with E-state index in [1.54, 1.807) is 17.8 Å². The van der Waals surface area contributed by atoms with E-state index < -0.39 is 6.09 Å². The monoisotopic (exact) mass is 197 g/mol. The fourth-order valence-electron chi connectivity index (χ4n) is 1.06. The van der Waals surface area contributed by atoms with Crippen LogP contribution in [0.5, 0.6) is 0 Å². The molecule has 5 heteroatoms. The van der Waals surface area contributed by atoms with Crippen LogP contribution < -0.4 is 5.32 Å². The van der Waals surface area contributed by atoms with E-state index in [-0.39, 0.29) is 0 Å². The normalized spacial score (nSPS) is 9.93. The fourth-order valence-corrected chi connectivity index (χ4v) is 1.06. The van der Waals surface area contributed by atoms with Crippen molar-refractivity contribution in [3.05, 3.63) is 11.8 Å². The molecule has 0 spiro atoms. The van der Waals surface area contributed by atoms with Crippen LogP contribution in [0.4, 0.5) is 10.6 Å². The van der Waals surface area contributed by atoms with Crippen molar-refractivity contribution in [3.63, 3.8) is 0 Å². The third-order valence-electron chi connectivity index (χ3n) is 1.67. The number of carbonyl (C=O) groups is 1. The van der Waals surface area contributed by atoms with Gasteiger partial charge >= 0.3 is 6.09 Å². The third kappa shape index (κ3) is 2.76. The molecule has 1 rings (SSSR count). The highest BCUT2D eigenvalue weighted by Gasteiger charge is 2.06. The highest BCUT2D eigenvalue weighted by Crippen LogP contribution is 2.07. The predicted octanol–water partition coefficient (Wildman–Crippen LogP) is 1.69. The summed E-state index contributed by atoms with van der Waals surface area (Å²) in [5, 5.41) is 6.70. The van der Waals surface area contributed by atoms with E-state index in [4.69, 9.17) is 4.74 Å². The molecule has 0 aliphatic rings. The van der Waals surface area contributed by atoms with E-state index in [1.165, 1.54) is 0 Å². The summed E-state index contributed by atoms with van der Waals surface area (Å²) in [7, 11) is 1.77. The summed E-state index contributed by atoms with van der Waals surface area (Å²) >= 11 is 0. The number of nitrogens with zero attached hydrogens (tertiary/aromatic N) is 2. The lowest BCUT2D eigenvalue weighted by Gasteiger charge is -2.05. The Labute approximate surface area is 83.1 Å². The highest BCUT2D eigenvalue weighted by atomic mass is 16.5. The zero-order valence-corrected chi connectivity index (χ0v) is 8.70. The van der Waals surface area contributed by atoms with Gasteiger partial charge < -0.3 is 4.74 Å². The molecule has 1 heterocycles. The molecule has 14 heavy (non-hydrogen) atoms. The molecule has 0 aliphatic carbocycles. The van der Waals surface area contributed by atoms with Crippen molar-refractivity contribution in [1.82, 2.24) is 9.78 Å². The van der Waals surface area contributed by atoms with Crippen LogP contribution in [-0.4, -0.2) is 22.5 Å². The number of nitrogens with one attached hydrogen (secondary N) is 1. The molecule has 0 aromatic carbocycles. The Bertz CT molecular complexity index is 320. The molecule has 0 bridgehead atoms. The van der Waals surface area contributed by atoms with Gasteiger partial charge in [-0.15, -0.1) is 0 Å². The Kier molecular flexibility index (Phi) is 3.50.